The van der Waals surface area contributed by atoms with Crippen LogP contribution >= 0.6 is 0 Å². The third-order valence-electron chi connectivity index (χ3n) is 4.80. The highest BCUT2D eigenvalue weighted by molar-refractivity contribution is 7.92. The Morgan fingerprint density at radius 3 is 2.34 bits per heavy atom. The summed E-state index contributed by atoms with van der Waals surface area (Å²) in [6.07, 6.45) is 3.27. The molecule has 4 rings (SSSR count). The third kappa shape index (κ3) is 4.48. The summed E-state index contributed by atoms with van der Waals surface area (Å²) < 4.78 is 25.1. The van der Waals surface area contributed by atoms with Gasteiger partial charge in [-0.1, -0.05) is 18.2 Å². The molecule has 29 heavy (non-hydrogen) atoms. The second-order valence-corrected chi connectivity index (χ2v) is 8.90. The minimum atomic E-state index is -3.34. The van der Waals surface area contributed by atoms with E-state index in [1.54, 1.807) is 24.3 Å². The number of hydrogen-bond acceptors (Lipinski definition) is 5. The lowest BCUT2D eigenvalue weighted by molar-refractivity contribution is 0.102. The fourth-order valence-electron chi connectivity index (χ4n) is 3.48. The van der Waals surface area contributed by atoms with E-state index in [1.807, 2.05) is 30.3 Å². The Kier molecular flexibility index (Phi) is 5.10. The second-order valence-electron chi connectivity index (χ2n) is 7.15. The molecule has 150 valence electrons. The molecule has 0 unspecified atom stereocenters. The molecule has 0 saturated carbocycles. The van der Waals surface area contributed by atoms with Crippen LogP contribution in [0, 0.1) is 0 Å². The van der Waals surface area contributed by atoms with E-state index in [2.05, 4.69) is 14.9 Å². The Balaban J connectivity index is 1.63. The van der Waals surface area contributed by atoms with Gasteiger partial charge in [0.1, 0.15) is 5.82 Å². The van der Waals surface area contributed by atoms with E-state index < -0.39 is 10.0 Å². The minimum absolute atomic E-state index is 0.242. The fraction of sp³-hybridized carbons (Fsp3) is 0.238. The molecule has 0 aliphatic carbocycles. The van der Waals surface area contributed by atoms with Gasteiger partial charge in [-0.05, 0) is 49.2 Å². The molecule has 1 aliphatic rings. The molecule has 3 aromatic rings. The van der Waals surface area contributed by atoms with Gasteiger partial charge in [0.25, 0.3) is 5.91 Å². The zero-order chi connectivity index (χ0) is 20.4. The minimum Gasteiger partial charge on any atom is -0.356 e. The molecule has 8 heteroatoms. The largest absolute Gasteiger partial charge is 0.356 e. The van der Waals surface area contributed by atoms with Crippen molar-refractivity contribution < 1.29 is 13.2 Å². The summed E-state index contributed by atoms with van der Waals surface area (Å²) in [6.45, 7) is 1.77. The Labute approximate surface area is 169 Å². The zero-order valence-corrected chi connectivity index (χ0v) is 16.9. The first-order valence-electron chi connectivity index (χ1n) is 9.43. The molecular formula is C21H22N4O3S. The van der Waals surface area contributed by atoms with E-state index in [0.29, 0.717) is 22.8 Å². The average Bonchev–Trinajstić information content (AvgIpc) is 3.22. The Morgan fingerprint density at radius 2 is 1.66 bits per heavy atom. The van der Waals surface area contributed by atoms with Crippen molar-refractivity contribution in [1.82, 2.24) is 4.98 Å². The Bertz CT molecular complexity index is 1150. The smallest absolute Gasteiger partial charge is 0.259 e. The van der Waals surface area contributed by atoms with Crippen LogP contribution in [-0.2, 0) is 10.0 Å². The van der Waals surface area contributed by atoms with Crippen molar-refractivity contribution in [3.8, 4) is 0 Å². The van der Waals surface area contributed by atoms with Gasteiger partial charge in [-0.15, -0.1) is 0 Å². The topological polar surface area (TPSA) is 91.4 Å². The lowest BCUT2D eigenvalue weighted by atomic mass is 10.1. The first-order chi connectivity index (χ1) is 13.9. The summed E-state index contributed by atoms with van der Waals surface area (Å²) in [6, 6.07) is 16.2. The summed E-state index contributed by atoms with van der Waals surface area (Å²) in [5.74, 6) is 0.461. The second kappa shape index (κ2) is 7.71. The van der Waals surface area contributed by atoms with Crippen LogP contribution in [0.3, 0.4) is 0 Å². The lowest BCUT2D eigenvalue weighted by Gasteiger charge is -2.20. The number of nitrogens with one attached hydrogen (secondary N) is 2. The number of anilines is 3. The SMILES string of the molecule is CS(=O)(=O)Nc1ccc(NC(=O)c2cc3ccccc3nc2N2CCCC2)cc1. The van der Waals surface area contributed by atoms with Crippen molar-refractivity contribution in [2.24, 2.45) is 0 Å². The zero-order valence-electron chi connectivity index (χ0n) is 16.1. The first-order valence-corrected chi connectivity index (χ1v) is 11.3. The average molecular weight is 410 g/mol. The number of carbonyl (C=O) groups is 1. The van der Waals surface area contributed by atoms with E-state index in [4.69, 9.17) is 4.98 Å². The number of carbonyl (C=O) groups excluding carboxylic acids is 1. The molecule has 2 N–H and O–H groups in total. The third-order valence-corrected chi connectivity index (χ3v) is 5.41. The number of nitrogens with zero attached hydrogens (tertiary/aromatic N) is 2. The summed E-state index contributed by atoms with van der Waals surface area (Å²) >= 11 is 0. The number of para-hydroxylation sites is 1. The normalized spacial score (nSPS) is 14.2. The molecule has 1 amide bonds. The number of hydrogen-bond donors (Lipinski definition) is 2. The molecule has 0 spiro atoms. The number of benzene rings is 2. The van der Waals surface area contributed by atoms with Gasteiger partial charge < -0.3 is 10.2 Å². The van der Waals surface area contributed by atoms with Gasteiger partial charge in [0.2, 0.25) is 10.0 Å². The van der Waals surface area contributed by atoms with Crippen LogP contribution in [0.5, 0.6) is 0 Å². The van der Waals surface area contributed by atoms with E-state index in [1.165, 1.54) is 0 Å². The fourth-order valence-corrected chi connectivity index (χ4v) is 4.04. The highest BCUT2D eigenvalue weighted by Gasteiger charge is 2.22. The van der Waals surface area contributed by atoms with Crippen LogP contribution in [-0.4, -0.2) is 38.7 Å². The number of fused-ring (bicyclic) bond motifs is 1. The molecule has 1 aromatic heterocycles. The van der Waals surface area contributed by atoms with Gasteiger partial charge in [-0.3, -0.25) is 9.52 Å². The molecule has 0 bridgehead atoms. The maximum atomic E-state index is 13.1. The quantitative estimate of drug-likeness (QED) is 0.672. The van der Waals surface area contributed by atoms with Crippen molar-refractivity contribution >= 4 is 44.0 Å². The standard InChI is InChI=1S/C21H22N4O3S/c1-29(27,28)24-17-10-8-16(9-11-17)22-21(26)18-14-15-6-2-3-7-19(15)23-20(18)25-12-4-5-13-25/h2-3,6-11,14,24H,4-5,12-13H2,1H3,(H,22,26). The van der Waals surface area contributed by atoms with Crippen molar-refractivity contribution in [3.05, 3.63) is 60.2 Å². The summed E-state index contributed by atoms with van der Waals surface area (Å²) in [7, 11) is -3.34. The molecule has 2 heterocycles. The van der Waals surface area contributed by atoms with Gasteiger partial charge in [0, 0.05) is 29.9 Å². The maximum Gasteiger partial charge on any atom is 0.259 e. The summed E-state index contributed by atoms with van der Waals surface area (Å²) in [4.78, 5) is 20.0. The van der Waals surface area contributed by atoms with Crippen LogP contribution in [0.4, 0.5) is 17.2 Å². The Morgan fingerprint density at radius 1 is 1.00 bits per heavy atom. The molecule has 1 fully saturated rings. The lowest BCUT2D eigenvalue weighted by Crippen LogP contribution is -2.24. The molecule has 1 aliphatic heterocycles. The predicted molar refractivity (Wildman–Crippen MR) is 116 cm³/mol. The van der Waals surface area contributed by atoms with Gasteiger partial charge >= 0.3 is 0 Å². The molecular weight excluding hydrogens is 388 g/mol. The van der Waals surface area contributed by atoms with Gasteiger partial charge in [-0.25, -0.2) is 13.4 Å². The number of pyridine rings is 1. The number of aromatic nitrogens is 1. The highest BCUT2D eigenvalue weighted by atomic mass is 32.2. The molecule has 0 atom stereocenters. The van der Waals surface area contributed by atoms with Crippen LogP contribution < -0.4 is 14.9 Å². The van der Waals surface area contributed by atoms with Gasteiger partial charge in [0.05, 0.1) is 17.3 Å². The molecule has 2 aromatic carbocycles. The van der Waals surface area contributed by atoms with Crippen LogP contribution in [0.15, 0.2) is 54.6 Å². The first kappa shape index (κ1) is 19.2. The van der Waals surface area contributed by atoms with Crippen LogP contribution in [0.1, 0.15) is 23.2 Å². The van der Waals surface area contributed by atoms with Crippen LogP contribution in [0.2, 0.25) is 0 Å². The van der Waals surface area contributed by atoms with E-state index in [0.717, 1.165) is 43.1 Å². The van der Waals surface area contributed by atoms with Crippen LogP contribution in [0.25, 0.3) is 10.9 Å². The Hall–Kier alpha value is -3.13. The van der Waals surface area contributed by atoms with E-state index in [9.17, 15) is 13.2 Å². The van der Waals surface area contributed by atoms with Crippen molar-refractivity contribution in [1.29, 1.82) is 0 Å². The highest BCUT2D eigenvalue weighted by Crippen LogP contribution is 2.27. The van der Waals surface area contributed by atoms with E-state index >= 15 is 0 Å². The van der Waals surface area contributed by atoms with Crippen molar-refractivity contribution in [2.45, 2.75) is 12.8 Å². The number of sulfonamides is 1. The number of rotatable bonds is 5. The summed E-state index contributed by atoms with van der Waals surface area (Å²) in [5.41, 5.74) is 2.41. The monoisotopic (exact) mass is 410 g/mol. The molecule has 0 radical (unpaired) electrons. The van der Waals surface area contributed by atoms with Gasteiger partial charge in [0.15, 0.2) is 0 Å². The predicted octanol–water partition coefficient (Wildman–Crippen LogP) is 3.46. The number of amides is 1. The maximum absolute atomic E-state index is 13.1. The van der Waals surface area contributed by atoms with E-state index in [-0.39, 0.29) is 5.91 Å². The van der Waals surface area contributed by atoms with Gasteiger partial charge in [-0.2, -0.15) is 0 Å². The van der Waals surface area contributed by atoms with Crippen molar-refractivity contribution in [3.63, 3.8) is 0 Å². The summed E-state index contributed by atoms with van der Waals surface area (Å²) in [5, 5.41) is 3.80. The molecule has 7 nitrogen and oxygen atoms in total. The molecule has 1 saturated heterocycles. The van der Waals surface area contributed by atoms with Crippen molar-refractivity contribution in [2.75, 3.05) is 34.3 Å².